The molecule has 3 fully saturated rings. The van der Waals surface area contributed by atoms with Crippen LogP contribution in [0.1, 0.15) is 118 Å². The van der Waals surface area contributed by atoms with Crippen LogP contribution in [0.15, 0.2) is 30.3 Å². The molecule has 2 aromatic rings. The van der Waals surface area contributed by atoms with Crippen molar-refractivity contribution >= 4 is 11.6 Å². The number of rotatable bonds is 10. The number of halogens is 1. The summed E-state index contributed by atoms with van der Waals surface area (Å²) in [6, 6.07) is 15.6. The number of aryl methyl sites for hydroxylation is 3. The van der Waals surface area contributed by atoms with E-state index in [2.05, 4.69) is 56.3 Å². The second-order valence-corrected chi connectivity index (χ2v) is 11.6. The number of benzene rings is 2. The van der Waals surface area contributed by atoms with E-state index >= 15 is 0 Å². The lowest BCUT2D eigenvalue weighted by molar-refractivity contribution is 0.0319. The highest BCUT2D eigenvalue weighted by molar-refractivity contribution is 6.31. The lowest BCUT2D eigenvalue weighted by atomic mass is 9.50. The molecule has 0 N–H and O–H groups in total. The van der Waals surface area contributed by atoms with Crippen LogP contribution in [0, 0.1) is 28.1 Å². The Morgan fingerprint density at radius 3 is 2.03 bits per heavy atom. The molecule has 3 aliphatic rings. The summed E-state index contributed by atoms with van der Waals surface area (Å²) >= 11 is 6.63. The standard InChI is InChI=1S/C32H39ClN2/c1-3-5-6-7-24-8-9-26(30(33)21-24)11-10-25-12-13-29(28(23-35)27(25)22-34)32-18-15-31(14-4-2,16-19-32)17-20-32/h8-9,12-13,21H,3-7,10-11,14-20H2,1-2H3. The molecule has 5 rings (SSSR count). The third-order valence-electron chi connectivity index (χ3n) is 9.12. The average Bonchev–Trinajstić information content (AvgIpc) is 2.89. The molecular weight excluding hydrogens is 448 g/mol. The zero-order chi connectivity index (χ0) is 24.9. The van der Waals surface area contributed by atoms with Gasteiger partial charge in [-0.15, -0.1) is 0 Å². The maximum Gasteiger partial charge on any atom is 0.101 e. The molecule has 184 valence electrons. The van der Waals surface area contributed by atoms with Crippen molar-refractivity contribution < 1.29 is 0 Å². The molecule has 0 aliphatic heterocycles. The second-order valence-electron chi connectivity index (χ2n) is 11.2. The van der Waals surface area contributed by atoms with Gasteiger partial charge in [0.25, 0.3) is 0 Å². The van der Waals surface area contributed by atoms with E-state index < -0.39 is 0 Å². The number of unbranched alkanes of at least 4 members (excludes halogenated alkanes) is 2. The Balaban J connectivity index is 1.52. The van der Waals surface area contributed by atoms with Crippen LogP contribution in [0.25, 0.3) is 0 Å². The fraction of sp³-hybridized carbons (Fsp3) is 0.562. The molecule has 2 nitrogen and oxygen atoms in total. The van der Waals surface area contributed by atoms with Crippen LogP contribution in [0.3, 0.4) is 0 Å². The van der Waals surface area contributed by atoms with E-state index in [1.165, 1.54) is 56.9 Å². The van der Waals surface area contributed by atoms with E-state index in [1.807, 2.05) is 0 Å². The van der Waals surface area contributed by atoms with Crippen LogP contribution in [-0.2, 0) is 24.7 Å². The maximum absolute atomic E-state index is 10.2. The molecule has 0 amide bonds. The lowest BCUT2D eigenvalue weighted by Crippen LogP contribution is -2.44. The number of nitriles is 2. The Bertz CT molecular complexity index is 1110. The fourth-order valence-corrected chi connectivity index (χ4v) is 7.21. The molecule has 3 heteroatoms. The van der Waals surface area contributed by atoms with Gasteiger partial charge in [-0.3, -0.25) is 0 Å². The van der Waals surface area contributed by atoms with E-state index in [-0.39, 0.29) is 5.41 Å². The van der Waals surface area contributed by atoms with Gasteiger partial charge in [0.15, 0.2) is 0 Å². The van der Waals surface area contributed by atoms with Gasteiger partial charge in [0.2, 0.25) is 0 Å². The molecule has 2 bridgehead atoms. The number of hydrogen-bond donors (Lipinski definition) is 0. The van der Waals surface area contributed by atoms with Gasteiger partial charge in [0, 0.05) is 5.02 Å². The Morgan fingerprint density at radius 2 is 1.43 bits per heavy atom. The average molecular weight is 487 g/mol. The quantitative estimate of drug-likeness (QED) is 0.314. The fourth-order valence-electron chi connectivity index (χ4n) is 6.91. The van der Waals surface area contributed by atoms with E-state index in [9.17, 15) is 10.5 Å². The van der Waals surface area contributed by atoms with Crippen LogP contribution >= 0.6 is 11.6 Å². The molecular formula is C32H39ClN2. The number of fused-ring (bicyclic) bond motifs is 3. The topological polar surface area (TPSA) is 47.6 Å². The zero-order valence-corrected chi connectivity index (χ0v) is 22.3. The SMILES string of the molecule is CCCCCc1ccc(CCc2ccc(C34CCC(CCC)(CC3)CC4)c(C#N)c2C#N)c(Cl)c1. The molecule has 0 spiro atoms. The highest BCUT2D eigenvalue weighted by Gasteiger charge is 2.49. The number of nitrogens with zero attached hydrogens (tertiary/aromatic N) is 2. The van der Waals surface area contributed by atoms with Crippen molar-refractivity contribution in [1.82, 2.24) is 0 Å². The van der Waals surface area contributed by atoms with Crippen molar-refractivity contribution in [3.63, 3.8) is 0 Å². The molecule has 0 heterocycles. The van der Waals surface area contributed by atoms with Gasteiger partial charge >= 0.3 is 0 Å². The molecule has 0 radical (unpaired) electrons. The maximum atomic E-state index is 10.2. The molecule has 3 saturated carbocycles. The summed E-state index contributed by atoms with van der Waals surface area (Å²) in [5.41, 5.74) is 6.35. The highest BCUT2D eigenvalue weighted by Crippen LogP contribution is 2.60. The van der Waals surface area contributed by atoms with E-state index in [1.54, 1.807) is 0 Å². The van der Waals surface area contributed by atoms with Crippen molar-refractivity contribution in [2.75, 3.05) is 0 Å². The van der Waals surface area contributed by atoms with E-state index in [0.29, 0.717) is 16.5 Å². The van der Waals surface area contributed by atoms with Crippen LogP contribution in [-0.4, -0.2) is 0 Å². The molecule has 35 heavy (non-hydrogen) atoms. The Morgan fingerprint density at radius 1 is 0.771 bits per heavy atom. The van der Waals surface area contributed by atoms with Crippen molar-refractivity contribution in [1.29, 1.82) is 10.5 Å². The van der Waals surface area contributed by atoms with Gasteiger partial charge in [-0.2, -0.15) is 10.5 Å². The summed E-state index contributed by atoms with van der Waals surface area (Å²) in [7, 11) is 0. The van der Waals surface area contributed by atoms with Gasteiger partial charge in [0.05, 0.1) is 11.1 Å². The van der Waals surface area contributed by atoms with Crippen LogP contribution in [0.4, 0.5) is 0 Å². The van der Waals surface area contributed by atoms with Crippen molar-refractivity contribution in [2.24, 2.45) is 5.41 Å². The Kier molecular flexibility index (Phi) is 8.24. The second kappa shape index (κ2) is 11.2. The lowest BCUT2D eigenvalue weighted by Gasteiger charge is -2.54. The Hall–Kier alpha value is -2.29. The van der Waals surface area contributed by atoms with E-state index in [4.69, 9.17) is 11.6 Å². The third-order valence-corrected chi connectivity index (χ3v) is 9.47. The third kappa shape index (κ3) is 5.29. The van der Waals surface area contributed by atoms with Gasteiger partial charge in [-0.05, 0) is 110 Å². The van der Waals surface area contributed by atoms with Gasteiger partial charge in [-0.1, -0.05) is 69.0 Å². The van der Waals surface area contributed by atoms with Crippen molar-refractivity contribution in [3.05, 3.63) is 68.7 Å². The largest absolute Gasteiger partial charge is 0.192 e. The summed E-state index contributed by atoms with van der Waals surface area (Å²) < 4.78 is 0. The summed E-state index contributed by atoms with van der Waals surface area (Å²) in [5, 5.41) is 21.1. The van der Waals surface area contributed by atoms with Crippen LogP contribution in [0.5, 0.6) is 0 Å². The zero-order valence-electron chi connectivity index (χ0n) is 21.6. The molecule has 0 saturated heterocycles. The highest BCUT2D eigenvalue weighted by atomic mass is 35.5. The normalized spacial score (nSPS) is 23.1. The minimum atomic E-state index is 0.0849. The summed E-state index contributed by atoms with van der Waals surface area (Å²) in [4.78, 5) is 0. The van der Waals surface area contributed by atoms with Crippen LogP contribution in [0.2, 0.25) is 5.02 Å². The first kappa shape index (κ1) is 25.8. The predicted octanol–water partition coefficient (Wildman–Crippen LogP) is 8.99. The van der Waals surface area contributed by atoms with Gasteiger partial charge < -0.3 is 0 Å². The number of hydrogen-bond acceptors (Lipinski definition) is 2. The smallest absolute Gasteiger partial charge is 0.101 e. The van der Waals surface area contributed by atoms with Gasteiger partial charge in [-0.25, -0.2) is 0 Å². The summed E-state index contributed by atoms with van der Waals surface area (Å²) in [6.07, 6.45) is 16.1. The molecule has 3 aliphatic carbocycles. The van der Waals surface area contributed by atoms with Crippen molar-refractivity contribution in [3.8, 4) is 12.1 Å². The van der Waals surface area contributed by atoms with Crippen LogP contribution < -0.4 is 0 Å². The minimum absolute atomic E-state index is 0.0849. The monoisotopic (exact) mass is 486 g/mol. The first-order chi connectivity index (χ1) is 17.0. The molecule has 0 atom stereocenters. The minimum Gasteiger partial charge on any atom is -0.192 e. The summed E-state index contributed by atoms with van der Waals surface area (Å²) in [5.74, 6) is 0. The first-order valence-corrected chi connectivity index (χ1v) is 14.1. The first-order valence-electron chi connectivity index (χ1n) is 13.7. The summed E-state index contributed by atoms with van der Waals surface area (Å²) in [6.45, 7) is 4.52. The van der Waals surface area contributed by atoms with Gasteiger partial charge in [0.1, 0.15) is 12.1 Å². The molecule has 0 unspecified atom stereocenters. The Labute approximate surface area is 217 Å². The van der Waals surface area contributed by atoms with E-state index in [0.717, 1.165) is 60.2 Å². The van der Waals surface area contributed by atoms with Crippen molar-refractivity contribution in [2.45, 2.75) is 109 Å². The molecule has 0 aromatic heterocycles. The molecule has 2 aromatic carbocycles. The predicted molar refractivity (Wildman–Crippen MR) is 145 cm³/mol.